The predicted molar refractivity (Wildman–Crippen MR) is 94.4 cm³/mol. The fourth-order valence-corrected chi connectivity index (χ4v) is 2.56. The van der Waals surface area contributed by atoms with Gasteiger partial charge in [0.1, 0.15) is 11.4 Å². The van der Waals surface area contributed by atoms with Crippen molar-refractivity contribution in [1.29, 1.82) is 0 Å². The van der Waals surface area contributed by atoms with Gasteiger partial charge in [-0.05, 0) is 48.6 Å². The van der Waals surface area contributed by atoms with Gasteiger partial charge >= 0.3 is 6.03 Å². The zero-order valence-electron chi connectivity index (χ0n) is 13.7. The summed E-state index contributed by atoms with van der Waals surface area (Å²) >= 11 is 1.66. The highest BCUT2D eigenvalue weighted by Gasteiger charge is 2.23. The summed E-state index contributed by atoms with van der Waals surface area (Å²) in [5.74, 6) is -0.368. The van der Waals surface area contributed by atoms with E-state index in [1.165, 1.54) is 29.2 Å². The summed E-state index contributed by atoms with van der Waals surface area (Å²) in [6.07, 6.45) is 2.01. The molecular formula is C18H21FN2O2S. The molecule has 0 spiro atoms. The van der Waals surface area contributed by atoms with Gasteiger partial charge in [-0.15, -0.1) is 11.8 Å². The van der Waals surface area contributed by atoms with Crippen LogP contribution in [0.1, 0.15) is 18.1 Å². The van der Waals surface area contributed by atoms with Crippen LogP contribution >= 0.6 is 11.8 Å². The number of halogens is 1. The molecule has 0 bridgehead atoms. The number of aliphatic hydroxyl groups is 1. The average molecular weight is 348 g/mol. The van der Waals surface area contributed by atoms with Crippen LogP contribution in [0.25, 0.3) is 0 Å². The number of hydrogen-bond acceptors (Lipinski definition) is 3. The second-order valence-electron chi connectivity index (χ2n) is 5.67. The van der Waals surface area contributed by atoms with Crippen molar-refractivity contribution in [3.05, 3.63) is 65.5 Å². The van der Waals surface area contributed by atoms with Crippen molar-refractivity contribution in [1.82, 2.24) is 10.6 Å². The fraction of sp³-hybridized carbons (Fsp3) is 0.278. The molecule has 0 radical (unpaired) electrons. The van der Waals surface area contributed by atoms with E-state index in [-0.39, 0.29) is 18.4 Å². The van der Waals surface area contributed by atoms with E-state index in [2.05, 4.69) is 10.6 Å². The lowest BCUT2D eigenvalue weighted by Crippen LogP contribution is -2.43. The number of amides is 2. The smallest absolute Gasteiger partial charge is 0.315 e. The van der Waals surface area contributed by atoms with Crippen molar-refractivity contribution < 1.29 is 14.3 Å². The SMILES string of the molecule is CSc1ccc(CNC(=O)NCC(C)(O)c2ccc(F)cc2)cc1. The second kappa shape index (κ2) is 8.17. The molecule has 0 saturated carbocycles. The summed E-state index contributed by atoms with van der Waals surface area (Å²) in [4.78, 5) is 13.0. The predicted octanol–water partition coefficient (Wildman–Crippen LogP) is 3.25. The van der Waals surface area contributed by atoms with Crippen LogP contribution in [0.4, 0.5) is 9.18 Å². The normalized spacial score (nSPS) is 13.2. The minimum absolute atomic E-state index is 0.0237. The van der Waals surface area contributed by atoms with E-state index in [9.17, 15) is 14.3 Å². The van der Waals surface area contributed by atoms with Gasteiger partial charge in [-0.3, -0.25) is 0 Å². The molecule has 2 rings (SSSR count). The number of carbonyl (C=O) groups excluding carboxylic acids is 1. The number of nitrogens with one attached hydrogen (secondary N) is 2. The van der Waals surface area contributed by atoms with Crippen LogP contribution in [0.15, 0.2) is 53.4 Å². The minimum atomic E-state index is -1.27. The van der Waals surface area contributed by atoms with Crippen LogP contribution in [0.3, 0.4) is 0 Å². The molecule has 4 nitrogen and oxygen atoms in total. The van der Waals surface area contributed by atoms with Crippen LogP contribution < -0.4 is 10.6 Å². The molecular weight excluding hydrogens is 327 g/mol. The first-order chi connectivity index (χ1) is 11.4. The Bertz CT molecular complexity index is 672. The van der Waals surface area contributed by atoms with Crippen LogP contribution in [0, 0.1) is 5.82 Å². The Kier molecular flexibility index (Phi) is 6.23. The summed E-state index contributed by atoms with van der Waals surface area (Å²) in [7, 11) is 0. The van der Waals surface area contributed by atoms with Crippen LogP contribution in [-0.4, -0.2) is 23.9 Å². The first-order valence-electron chi connectivity index (χ1n) is 7.54. The molecule has 2 aromatic rings. The van der Waals surface area contributed by atoms with Crippen molar-refractivity contribution in [3.63, 3.8) is 0 Å². The van der Waals surface area contributed by atoms with Crippen LogP contribution in [-0.2, 0) is 12.1 Å². The van der Waals surface area contributed by atoms with Gasteiger partial charge in [0.25, 0.3) is 0 Å². The van der Waals surface area contributed by atoms with Gasteiger partial charge < -0.3 is 15.7 Å². The molecule has 0 aromatic heterocycles. The summed E-state index contributed by atoms with van der Waals surface area (Å²) in [6, 6.07) is 13.1. The number of hydrogen-bond donors (Lipinski definition) is 3. The standard InChI is InChI=1S/C18H21FN2O2S/c1-18(23,14-5-7-15(19)8-6-14)12-21-17(22)20-11-13-3-9-16(24-2)10-4-13/h3-10,23H,11-12H2,1-2H3,(H2,20,21,22). The number of benzene rings is 2. The average Bonchev–Trinajstić information content (AvgIpc) is 2.59. The number of carbonyl (C=O) groups is 1. The van der Waals surface area contributed by atoms with E-state index in [0.717, 1.165) is 5.56 Å². The Morgan fingerprint density at radius 1 is 1.12 bits per heavy atom. The molecule has 2 aromatic carbocycles. The van der Waals surface area contributed by atoms with E-state index in [4.69, 9.17) is 0 Å². The first-order valence-corrected chi connectivity index (χ1v) is 8.76. The Morgan fingerprint density at radius 2 is 1.75 bits per heavy atom. The maximum absolute atomic E-state index is 12.9. The van der Waals surface area contributed by atoms with Gasteiger partial charge in [-0.1, -0.05) is 24.3 Å². The quantitative estimate of drug-likeness (QED) is 0.702. The topological polar surface area (TPSA) is 61.4 Å². The highest BCUT2D eigenvalue weighted by molar-refractivity contribution is 7.98. The maximum Gasteiger partial charge on any atom is 0.315 e. The van der Waals surface area contributed by atoms with Crippen LogP contribution in [0.5, 0.6) is 0 Å². The maximum atomic E-state index is 12.9. The van der Waals surface area contributed by atoms with Gasteiger partial charge in [0.2, 0.25) is 0 Å². The third-order valence-corrected chi connectivity index (χ3v) is 4.41. The molecule has 1 atom stereocenters. The first kappa shape index (κ1) is 18.3. The van der Waals surface area contributed by atoms with Gasteiger partial charge in [-0.25, -0.2) is 9.18 Å². The molecule has 128 valence electrons. The van der Waals surface area contributed by atoms with Crippen LogP contribution in [0.2, 0.25) is 0 Å². The number of urea groups is 1. The zero-order chi connectivity index (χ0) is 17.6. The monoisotopic (exact) mass is 348 g/mol. The molecule has 0 aliphatic rings. The Labute approximate surface area is 145 Å². The fourth-order valence-electron chi connectivity index (χ4n) is 2.15. The number of rotatable bonds is 6. The van der Waals surface area contributed by atoms with Crippen molar-refractivity contribution in [2.45, 2.75) is 24.0 Å². The summed E-state index contributed by atoms with van der Waals surface area (Å²) < 4.78 is 12.9. The van der Waals surface area contributed by atoms with E-state index < -0.39 is 5.60 Å². The summed E-state index contributed by atoms with van der Waals surface area (Å²) in [5.41, 5.74) is 0.260. The largest absolute Gasteiger partial charge is 0.384 e. The minimum Gasteiger partial charge on any atom is -0.384 e. The Morgan fingerprint density at radius 3 is 2.33 bits per heavy atom. The van der Waals surface area contributed by atoms with E-state index in [0.29, 0.717) is 12.1 Å². The molecule has 0 aliphatic carbocycles. The van der Waals surface area contributed by atoms with Crippen molar-refractivity contribution in [2.24, 2.45) is 0 Å². The number of thioether (sulfide) groups is 1. The molecule has 2 amide bonds. The highest BCUT2D eigenvalue weighted by atomic mass is 32.2. The summed E-state index contributed by atoms with van der Waals surface area (Å²) in [5, 5.41) is 15.8. The molecule has 0 heterocycles. The van der Waals surface area contributed by atoms with E-state index in [1.807, 2.05) is 30.5 Å². The third kappa shape index (κ3) is 5.25. The lowest BCUT2D eigenvalue weighted by atomic mass is 9.96. The van der Waals surface area contributed by atoms with Crippen molar-refractivity contribution >= 4 is 17.8 Å². The molecule has 6 heteroatoms. The lowest BCUT2D eigenvalue weighted by molar-refractivity contribution is 0.0593. The molecule has 0 fully saturated rings. The van der Waals surface area contributed by atoms with E-state index in [1.54, 1.807) is 18.7 Å². The Hall–Kier alpha value is -2.05. The van der Waals surface area contributed by atoms with Gasteiger partial charge in [0, 0.05) is 11.4 Å². The zero-order valence-corrected chi connectivity index (χ0v) is 14.5. The highest BCUT2D eigenvalue weighted by Crippen LogP contribution is 2.19. The molecule has 0 aliphatic heterocycles. The third-order valence-electron chi connectivity index (χ3n) is 3.67. The lowest BCUT2D eigenvalue weighted by Gasteiger charge is -2.24. The van der Waals surface area contributed by atoms with Crippen molar-refractivity contribution in [3.8, 4) is 0 Å². The van der Waals surface area contributed by atoms with E-state index >= 15 is 0 Å². The van der Waals surface area contributed by atoms with Crippen molar-refractivity contribution in [2.75, 3.05) is 12.8 Å². The Balaban J connectivity index is 1.82. The summed E-state index contributed by atoms with van der Waals surface area (Å²) in [6.45, 7) is 2.00. The molecule has 24 heavy (non-hydrogen) atoms. The van der Waals surface area contributed by atoms with Gasteiger partial charge in [-0.2, -0.15) is 0 Å². The molecule has 0 saturated heterocycles. The van der Waals surface area contributed by atoms with Gasteiger partial charge in [0.05, 0.1) is 6.54 Å². The second-order valence-corrected chi connectivity index (χ2v) is 6.54. The molecule has 1 unspecified atom stereocenters. The van der Waals surface area contributed by atoms with Gasteiger partial charge in [0.15, 0.2) is 0 Å². The molecule has 3 N–H and O–H groups in total.